The molecule has 0 aliphatic carbocycles. The minimum atomic E-state index is -0.372. The minimum absolute atomic E-state index is 0.000247. The molecule has 19 heavy (non-hydrogen) atoms. The summed E-state index contributed by atoms with van der Waals surface area (Å²) >= 11 is 0. The first-order chi connectivity index (χ1) is 9.03. The van der Waals surface area contributed by atoms with Crippen molar-refractivity contribution in [2.24, 2.45) is 0 Å². The van der Waals surface area contributed by atoms with Gasteiger partial charge in [-0.2, -0.15) is 0 Å². The number of carbonyl (C=O) groups excluding carboxylic acids is 1. The fraction of sp³-hybridized carbons (Fsp3) is 0.929. The lowest BCUT2D eigenvalue weighted by Crippen LogP contribution is -2.59. The fourth-order valence-electron chi connectivity index (χ4n) is 2.51. The Hall–Kier alpha value is -0.650. The van der Waals surface area contributed by atoms with Crippen LogP contribution in [0.4, 0.5) is 0 Å². The highest BCUT2D eigenvalue weighted by Gasteiger charge is 2.34. The van der Waals surface area contributed by atoms with Gasteiger partial charge < -0.3 is 15.2 Å². The van der Waals surface area contributed by atoms with Gasteiger partial charge >= 0.3 is 0 Å². The predicted octanol–water partition coefficient (Wildman–Crippen LogP) is 0.811. The van der Waals surface area contributed by atoms with Crippen LogP contribution in [0.3, 0.4) is 0 Å². The highest BCUT2D eigenvalue weighted by Crippen LogP contribution is 2.20. The van der Waals surface area contributed by atoms with Crippen molar-refractivity contribution < 1.29 is 14.6 Å². The number of ether oxygens (including phenoxy) is 1. The van der Waals surface area contributed by atoms with Crippen LogP contribution in [0, 0.1) is 0 Å². The lowest BCUT2D eigenvalue weighted by molar-refractivity contribution is -0.124. The number of aliphatic hydroxyl groups is 1. The highest BCUT2D eigenvalue weighted by atomic mass is 16.5. The smallest absolute Gasteiger partial charge is 0.237 e. The standard InChI is InChI=1S/C14H28N2O3/c1-4-5-11(2)15-13(18)12(3)16-14(10-17)6-8-19-9-7-14/h11-12,16-17H,4-10H2,1-3H3,(H,15,18). The molecule has 0 aromatic carbocycles. The van der Waals surface area contributed by atoms with E-state index < -0.39 is 0 Å². The van der Waals surface area contributed by atoms with Gasteiger partial charge in [-0.05, 0) is 33.1 Å². The Morgan fingerprint density at radius 2 is 2.00 bits per heavy atom. The van der Waals surface area contributed by atoms with Crippen molar-refractivity contribution in [1.82, 2.24) is 10.6 Å². The summed E-state index contributed by atoms with van der Waals surface area (Å²) in [4.78, 5) is 12.1. The zero-order valence-corrected chi connectivity index (χ0v) is 12.4. The Bertz CT molecular complexity index is 278. The van der Waals surface area contributed by atoms with Gasteiger partial charge in [0, 0.05) is 24.8 Å². The van der Waals surface area contributed by atoms with E-state index in [4.69, 9.17) is 4.74 Å². The van der Waals surface area contributed by atoms with Crippen molar-refractivity contribution in [1.29, 1.82) is 0 Å². The van der Waals surface area contributed by atoms with Crippen molar-refractivity contribution in [3.05, 3.63) is 0 Å². The predicted molar refractivity (Wildman–Crippen MR) is 75.0 cm³/mol. The van der Waals surface area contributed by atoms with Crippen LogP contribution in [0.25, 0.3) is 0 Å². The van der Waals surface area contributed by atoms with Crippen LogP contribution in [0.5, 0.6) is 0 Å². The van der Waals surface area contributed by atoms with E-state index in [9.17, 15) is 9.90 Å². The van der Waals surface area contributed by atoms with Gasteiger partial charge in [-0.3, -0.25) is 10.1 Å². The van der Waals surface area contributed by atoms with Crippen molar-refractivity contribution >= 4 is 5.91 Å². The SMILES string of the molecule is CCCC(C)NC(=O)C(C)NC1(CO)CCOCC1. The number of carbonyl (C=O) groups is 1. The van der Waals surface area contributed by atoms with Gasteiger partial charge in [0.25, 0.3) is 0 Å². The summed E-state index contributed by atoms with van der Waals surface area (Å²) in [5.74, 6) is 0.000247. The summed E-state index contributed by atoms with van der Waals surface area (Å²) in [5, 5.41) is 15.9. The first-order valence-electron chi connectivity index (χ1n) is 7.29. The number of hydrogen-bond acceptors (Lipinski definition) is 4. The fourth-order valence-corrected chi connectivity index (χ4v) is 2.51. The second-order valence-corrected chi connectivity index (χ2v) is 5.62. The largest absolute Gasteiger partial charge is 0.394 e. The van der Waals surface area contributed by atoms with Crippen LogP contribution in [-0.4, -0.2) is 48.5 Å². The van der Waals surface area contributed by atoms with E-state index >= 15 is 0 Å². The van der Waals surface area contributed by atoms with Crippen LogP contribution in [0.1, 0.15) is 46.5 Å². The van der Waals surface area contributed by atoms with E-state index in [1.807, 2.05) is 13.8 Å². The van der Waals surface area contributed by atoms with Crippen molar-refractivity contribution in [3.63, 3.8) is 0 Å². The van der Waals surface area contributed by atoms with E-state index in [1.165, 1.54) is 0 Å². The molecule has 0 bridgehead atoms. The second kappa shape index (κ2) is 7.82. The molecule has 1 saturated heterocycles. The normalized spacial score (nSPS) is 21.7. The topological polar surface area (TPSA) is 70.6 Å². The third-order valence-corrected chi connectivity index (χ3v) is 3.78. The van der Waals surface area contributed by atoms with E-state index in [2.05, 4.69) is 17.6 Å². The molecule has 5 heteroatoms. The van der Waals surface area contributed by atoms with Gasteiger partial charge in [0.15, 0.2) is 0 Å². The summed E-state index contributed by atoms with van der Waals surface area (Å²) in [6.07, 6.45) is 3.52. The maximum absolute atomic E-state index is 12.1. The first-order valence-corrected chi connectivity index (χ1v) is 7.29. The molecule has 1 heterocycles. The average molecular weight is 272 g/mol. The van der Waals surface area contributed by atoms with Crippen molar-refractivity contribution in [2.75, 3.05) is 19.8 Å². The average Bonchev–Trinajstić information content (AvgIpc) is 2.40. The molecule has 1 rings (SSSR count). The summed E-state index contributed by atoms with van der Waals surface area (Å²) in [6.45, 7) is 7.28. The Kier molecular flexibility index (Phi) is 6.75. The number of nitrogens with one attached hydrogen (secondary N) is 2. The molecule has 112 valence electrons. The van der Waals surface area contributed by atoms with Crippen LogP contribution < -0.4 is 10.6 Å². The molecular weight excluding hydrogens is 244 g/mol. The Morgan fingerprint density at radius 3 is 2.53 bits per heavy atom. The Morgan fingerprint density at radius 1 is 1.37 bits per heavy atom. The maximum Gasteiger partial charge on any atom is 0.237 e. The summed E-state index contributed by atoms with van der Waals surface area (Å²) in [7, 11) is 0. The minimum Gasteiger partial charge on any atom is -0.394 e. The Balaban J connectivity index is 2.47. The van der Waals surface area contributed by atoms with E-state index in [0.29, 0.717) is 13.2 Å². The third-order valence-electron chi connectivity index (χ3n) is 3.78. The highest BCUT2D eigenvalue weighted by molar-refractivity contribution is 5.81. The van der Waals surface area contributed by atoms with Gasteiger partial charge in [0.05, 0.1) is 12.6 Å². The molecular formula is C14H28N2O3. The van der Waals surface area contributed by atoms with Crippen LogP contribution in [0.2, 0.25) is 0 Å². The number of hydrogen-bond donors (Lipinski definition) is 3. The van der Waals surface area contributed by atoms with Gasteiger partial charge in [0.1, 0.15) is 0 Å². The van der Waals surface area contributed by atoms with E-state index in [0.717, 1.165) is 25.7 Å². The molecule has 0 saturated carbocycles. The first kappa shape index (κ1) is 16.4. The van der Waals surface area contributed by atoms with Gasteiger partial charge in [0.2, 0.25) is 5.91 Å². The molecule has 3 N–H and O–H groups in total. The van der Waals surface area contributed by atoms with Gasteiger partial charge in [-0.25, -0.2) is 0 Å². The van der Waals surface area contributed by atoms with Crippen molar-refractivity contribution in [2.45, 2.75) is 64.1 Å². The molecule has 2 unspecified atom stereocenters. The molecule has 0 spiro atoms. The second-order valence-electron chi connectivity index (χ2n) is 5.62. The van der Waals surface area contributed by atoms with Crippen LogP contribution >= 0.6 is 0 Å². The summed E-state index contributed by atoms with van der Waals surface area (Å²) in [6, 6.07) is -0.105. The maximum atomic E-state index is 12.1. The monoisotopic (exact) mass is 272 g/mol. The molecule has 1 aliphatic heterocycles. The quantitative estimate of drug-likeness (QED) is 0.641. The van der Waals surface area contributed by atoms with Crippen LogP contribution in [0.15, 0.2) is 0 Å². The van der Waals surface area contributed by atoms with E-state index in [-0.39, 0.29) is 30.1 Å². The van der Waals surface area contributed by atoms with Gasteiger partial charge in [-0.1, -0.05) is 13.3 Å². The number of amides is 1. The zero-order chi connectivity index (χ0) is 14.3. The van der Waals surface area contributed by atoms with Gasteiger partial charge in [-0.15, -0.1) is 0 Å². The van der Waals surface area contributed by atoms with E-state index in [1.54, 1.807) is 0 Å². The van der Waals surface area contributed by atoms with Crippen LogP contribution in [-0.2, 0) is 9.53 Å². The third kappa shape index (κ3) is 5.09. The molecule has 0 aromatic heterocycles. The van der Waals surface area contributed by atoms with Crippen molar-refractivity contribution in [3.8, 4) is 0 Å². The molecule has 1 amide bonds. The number of aliphatic hydroxyl groups excluding tert-OH is 1. The number of rotatable bonds is 7. The molecule has 0 aromatic rings. The summed E-state index contributed by atoms with van der Waals surface area (Å²) in [5.41, 5.74) is -0.372. The summed E-state index contributed by atoms with van der Waals surface area (Å²) < 4.78 is 5.31. The lowest BCUT2D eigenvalue weighted by Gasteiger charge is -2.38. The lowest BCUT2D eigenvalue weighted by atomic mass is 9.90. The zero-order valence-electron chi connectivity index (χ0n) is 12.4. The molecule has 1 fully saturated rings. The molecule has 5 nitrogen and oxygen atoms in total. The molecule has 0 radical (unpaired) electrons. The molecule has 2 atom stereocenters. The Labute approximate surface area is 116 Å². The molecule has 1 aliphatic rings.